The van der Waals surface area contributed by atoms with Gasteiger partial charge in [0, 0.05) is 13.8 Å². The molecule has 0 bridgehead atoms. The topological polar surface area (TPSA) is 94.1 Å². The largest absolute Gasteiger partial charge is 0.504 e. The van der Waals surface area contributed by atoms with Crippen molar-refractivity contribution in [2.75, 3.05) is 6.61 Å². The van der Waals surface area contributed by atoms with Crippen LogP contribution in [-0.4, -0.2) is 42.0 Å². The van der Waals surface area contributed by atoms with Crippen LogP contribution in [0, 0.1) is 11.8 Å². The third-order valence-electron chi connectivity index (χ3n) is 5.48. The molecule has 1 aliphatic heterocycles. The zero-order valence-electron chi connectivity index (χ0n) is 17.0. The van der Waals surface area contributed by atoms with Gasteiger partial charge >= 0.3 is 5.97 Å². The lowest BCUT2D eigenvalue weighted by Crippen LogP contribution is -2.59. The second-order valence-electron chi connectivity index (χ2n) is 7.57. The van der Waals surface area contributed by atoms with Gasteiger partial charge in [0.25, 0.3) is 0 Å². The van der Waals surface area contributed by atoms with Gasteiger partial charge in [0.2, 0.25) is 12.2 Å². The highest BCUT2D eigenvalue weighted by Gasteiger charge is 2.44. The Morgan fingerprint density at radius 1 is 1.10 bits per heavy atom. The zero-order valence-corrected chi connectivity index (χ0v) is 17.0. The second-order valence-corrected chi connectivity index (χ2v) is 7.57. The van der Waals surface area contributed by atoms with Gasteiger partial charge in [0.05, 0.1) is 12.1 Å². The average molecular weight is 401 g/mol. The molecule has 0 saturated carbocycles. The third-order valence-corrected chi connectivity index (χ3v) is 5.48. The molecule has 1 saturated heterocycles. The van der Waals surface area contributed by atoms with Crippen molar-refractivity contribution in [3.8, 4) is 11.5 Å². The molecular formula is C22H27NO6. The number of benzene rings is 2. The van der Waals surface area contributed by atoms with E-state index in [2.05, 4.69) is 5.32 Å². The summed E-state index contributed by atoms with van der Waals surface area (Å²) in [6, 6.07) is 10.5. The summed E-state index contributed by atoms with van der Waals surface area (Å²) in [6.45, 7) is 6.85. The van der Waals surface area contributed by atoms with E-state index in [4.69, 9.17) is 14.2 Å². The highest BCUT2D eigenvalue weighted by atomic mass is 16.7. The predicted octanol–water partition coefficient (Wildman–Crippen LogP) is 2.99. The number of aromatic hydroxyl groups is 1. The van der Waals surface area contributed by atoms with Crippen molar-refractivity contribution in [1.29, 1.82) is 0 Å². The van der Waals surface area contributed by atoms with Gasteiger partial charge in [-0.2, -0.15) is 0 Å². The summed E-state index contributed by atoms with van der Waals surface area (Å²) in [4.78, 5) is 23.0. The summed E-state index contributed by atoms with van der Waals surface area (Å²) in [6.07, 6.45) is -1.25. The lowest BCUT2D eigenvalue weighted by Gasteiger charge is -2.44. The maximum atomic E-state index is 11.8. The van der Waals surface area contributed by atoms with Crippen molar-refractivity contribution < 1.29 is 28.9 Å². The molecule has 5 atom stereocenters. The van der Waals surface area contributed by atoms with Crippen molar-refractivity contribution in [3.63, 3.8) is 0 Å². The van der Waals surface area contributed by atoms with Crippen LogP contribution in [0.25, 0.3) is 10.8 Å². The Balaban J connectivity index is 1.88. The fourth-order valence-electron chi connectivity index (χ4n) is 3.65. The lowest BCUT2D eigenvalue weighted by molar-refractivity contribution is -0.213. The number of phenols is 1. The Morgan fingerprint density at radius 2 is 1.76 bits per heavy atom. The van der Waals surface area contributed by atoms with Gasteiger partial charge in [-0.15, -0.1) is 0 Å². The predicted molar refractivity (Wildman–Crippen MR) is 107 cm³/mol. The van der Waals surface area contributed by atoms with Crippen LogP contribution in [0.3, 0.4) is 0 Å². The summed E-state index contributed by atoms with van der Waals surface area (Å²) >= 11 is 0. The fraction of sp³-hybridized carbons (Fsp3) is 0.455. The molecule has 29 heavy (non-hydrogen) atoms. The van der Waals surface area contributed by atoms with E-state index in [-0.39, 0.29) is 41.8 Å². The van der Waals surface area contributed by atoms with Gasteiger partial charge in [-0.1, -0.05) is 38.1 Å². The summed E-state index contributed by atoms with van der Waals surface area (Å²) in [7, 11) is 0. The van der Waals surface area contributed by atoms with Crippen molar-refractivity contribution in [1.82, 2.24) is 5.32 Å². The van der Waals surface area contributed by atoms with Crippen LogP contribution in [0.2, 0.25) is 0 Å². The van der Waals surface area contributed by atoms with E-state index >= 15 is 0 Å². The summed E-state index contributed by atoms with van der Waals surface area (Å²) in [5.74, 6) is -0.347. The molecule has 7 heteroatoms. The molecule has 2 aromatic rings. The van der Waals surface area contributed by atoms with Gasteiger partial charge in [-0.3, -0.25) is 9.59 Å². The Kier molecular flexibility index (Phi) is 6.27. The highest BCUT2D eigenvalue weighted by molar-refractivity contribution is 5.85. The molecule has 2 N–H and O–H groups in total. The molecule has 3 rings (SSSR count). The van der Waals surface area contributed by atoms with E-state index in [1.165, 1.54) is 13.8 Å². The number of amides is 1. The molecule has 1 amide bonds. The van der Waals surface area contributed by atoms with Crippen LogP contribution >= 0.6 is 0 Å². The number of hydrogen-bond donors (Lipinski definition) is 2. The monoisotopic (exact) mass is 401 g/mol. The molecule has 0 radical (unpaired) electrons. The molecule has 0 aliphatic carbocycles. The lowest BCUT2D eigenvalue weighted by atomic mass is 9.82. The number of fused-ring (bicyclic) bond motifs is 1. The van der Waals surface area contributed by atoms with E-state index in [9.17, 15) is 14.7 Å². The molecule has 1 heterocycles. The normalized spacial score (nSPS) is 26.7. The van der Waals surface area contributed by atoms with Gasteiger partial charge in [-0.25, -0.2) is 0 Å². The van der Waals surface area contributed by atoms with Crippen molar-refractivity contribution >= 4 is 22.6 Å². The molecular weight excluding hydrogens is 374 g/mol. The first kappa shape index (κ1) is 20.9. The van der Waals surface area contributed by atoms with Crippen LogP contribution in [-0.2, 0) is 19.1 Å². The molecule has 1 aliphatic rings. The first-order valence-electron chi connectivity index (χ1n) is 9.70. The second kappa shape index (κ2) is 8.69. The van der Waals surface area contributed by atoms with Crippen LogP contribution < -0.4 is 10.1 Å². The van der Waals surface area contributed by atoms with Gasteiger partial charge in [0.1, 0.15) is 6.61 Å². The summed E-state index contributed by atoms with van der Waals surface area (Å²) in [5, 5.41) is 15.1. The number of nitrogens with one attached hydrogen (secondary N) is 1. The Bertz CT molecular complexity index is 896. The number of esters is 1. The van der Waals surface area contributed by atoms with Crippen molar-refractivity contribution in [2.24, 2.45) is 11.8 Å². The van der Waals surface area contributed by atoms with Gasteiger partial charge in [-0.05, 0) is 34.7 Å². The smallest absolute Gasteiger partial charge is 0.302 e. The standard InChI is InChI=1S/C22H27NO6/c1-12-13(2)21(23-14(3)24)22(29-20(12)11-27-15(4)25)28-19-10-17-8-6-5-7-16(17)9-18(19)26/h5-10,12-13,20-22,26H,11H2,1-4H3,(H,23,24). The minimum atomic E-state index is -0.849. The highest BCUT2D eigenvalue weighted by Crippen LogP contribution is 2.36. The number of carbonyl (C=O) groups excluding carboxylic acids is 2. The maximum absolute atomic E-state index is 11.8. The van der Waals surface area contributed by atoms with Crippen LogP contribution in [0.5, 0.6) is 11.5 Å². The Labute approximate surface area is 169 Å². The number of phenolic OH excluding ortho intramolecular Hbond substituents is 1. The van der Waals surface area contributed by atoms with Crippen molar-refractivity contribution in [2.45, 2.75) is 46.1 Å². The fourth-order valence-corrected chi connectivity index (χ4v) is 3.65. The molecule has 0 aromatic heterocycles. The van der Waals surface area contributed by atoms with Crippen LogP contribution in [0.15, 0.2) is 36.4 Å². The molecule has 2 aromatic carbocycles. The zero-order chi connectivity index (χ0) is 21.1. The van der Waals surface area contributed by atoms with E-state index < -0.39 is 18.4 Å². The minimum absolute atomic E-state index is 0.0104. The van der Waals surface area contributed by atoms with E-state index in [1.807, 2.05) is 38.1 Å². The molecule has 156 valence electrons. The third kappa shape index (κ3) is 4.79. The van der Waals surface area contributed by atoms with Gasteiger partial charge in [0.15, 0.2) is 11.5 Å². The van der Waals surface area contributed by atoms with E-state index in [0.717, 1.165) is 10.8 Å². The summed E-state index contributed by atoms with van der Waals surface area (Å²) < 4.78 is 17.3. The number of hydrogen-bond acceptors (Lipinski definition) is 6. The quantitative estimate of drug-likeness (QED) is 0.748. The average Bonchev–Trinajstić information content (AvgIpc) is 2.66. The van der Waals surface area contributed by atoms with E-state index in [0.29, 0.717) is 0 Å². The number of ether oxygens (including phenoxy) is 3. The minimum Gasteiger partial charge on any atom is -0.504 e. The summed E-state index contributed by atoms with van der Waals surface area (Å²) in [5.41, 5.74) is 0. The van der Waals surface area contributed by atoms with E-state index in [1.54, 1.807) is 12.1 Å². The van der Waals surface area contributed by atoms with Crippen LogP contribution in [0.1, 0.15) is 27.7 Å². The van der Waals surface area contributed by atoms with Crippen molar-refractivity contribution in [3.05, 3.63) is 36.4 Å². The number of carbonyl (C=O) groups is 2. The Hall–Kier alpha value is -2.80. The molecule has 7 nitrogen and oxygen atoms in total. The number of rotatable bonds is 5. The van der Waals surface area contributed by atoms with Gasteiger partial charge < -0.3 is 24.6 Å². The first-order valence-corrected chi connectivity index (χ1v) is 9.70. The Morgan fingerprint density at radius 3 is 2.38 bits per heavy atom. The maximum Gasteiger partial charge on any atom is 0.302 e. The molecule has 1 fully saturated rings. The van der Waals surface area contributed by atoms with Crippen LogP contribution in [0.4, 0.5) is 0 Å². The molecule has 0 spiro atoms. The molecule has 5 unspecified atom stereocenters. The first-order chi connectivity index (χ1) is 13.8. The SMILES string of the molecule is CC(=O)NC1C(Oc2cc3ccccc3cc2O)OC(COC(C)=O)C(C)C1C.